The Morgan fingerprint density at radius 2 is 2.13 bits per heavy atom. The second-order valence-electron chi connectivity index (χ2n) is 8.04. The monoisotopic (exact) mass is 456 g/mol. The molecule has 1 aliphatic heterocycles. The van der Waals surface area contributed by atoms with Crippen molar-refractivity contribution >= 4 is 32.2 Å². The van der Waals surface area contributed by atoms with Crippen molar-refractivity contribution in [3.8, 4) is 17.1 Å². The van der Waals surface area contributed by atoms with E-state index in [1.165, 1.54) is 5.56 Å². The Labute approximate surface area is 184 Å². The van der Waals surface area contributed by atoms with E-state index in [0.29, 0.717) is 17.5 Å². The van der Waals surface area contributed by atoms with Gasteiger partial charge in [-0.25, -0.2) is 18.4 Å². The Morgan fingerprint density at radius 1 is 1.29 bits per heavy atom. The van der Waals surface area contributed by atoms with Crippen LogP contribution >= 0.6 is 11.3 Å². The maximum Gasteiger partial charge on any atom is 0.150 e. The highest BCUT2D eigenvalue weighted by atomic mass is 32.2. The standard InChI is InChI=1S/C21H24N6O2S2/c1-26(17-5-8-31(28,29)9-6-17)7-4-15-12-27(20-13-30-14-22-20)21-18(15)2-3-19(25-21)16-10-23-24-11-16/h2-3,10-14,17H,4-9H2,1H3,(H,23,24). The molecule has 1 fully saturated rings. The molecular weight excluding hydrogens is 432 g/mol. The van der Waals surface area contributed by atoms with E-state index in [9.17, 15) is 8.42 Å². The molecule has 31 heavy (non-hydrogen) atoms. The molecule has 10 heteroatoms. The first-order valence-electron chi connectivity index (χ1n) is 10.3. The van der Waals surface area contributed by atoms with Crippen LogP contribution < -0.4 is 0 Å². The Kier molecular flexibility index (Phi) is 5.37. The lowest BCUT2D eigenvalue weighted by Gasteiger charge is -2.31. The van der Waals surface area contributed by atoms with Gasteiger partial charge in [0, 0.05) is 41.3 Å². The van der Waals surface area contributed by atoms with Crippen LogP contribution in [-0.2, 0) is 16.3 Å². The van der Waals surface area contributed by atoms with E-state index in [4.69, 9.17) is 4.98 Å². The molecule has 0 atom stereocenters. The maximum absolute atomic E-state index is 11.7. The van der Waals surface area contributed by atoms with Crippen molar-refractivity contribution in [2.24, 2.45) is 0 Å². The van der Waals surface area contributed by atoms with Gasteiger partial charge in [0.05, 0.1) is 28.9 Å². The summed E-state index contributed by atoms with van der Waals surface area (Å²) < 4.78 is 25.5. The summed E-state index contributed by atoms with van der Waals surface area (Å²) in [5.74, 6) is 1.46. The van der Waals surface area contributed by atoms with Gasteiger partial charge in [0.1, 0.15) is 21.3 Å². The largest absolute Gasteiger partial charge is 0.303 e. The number of nitrogens with zero attached hydrogens (tertiary/aromatic N) is 5. The zero-order valence-electron chi connectivity index (χ0n) is 17.2. The highest BCUT2D eigenvalue weighted by Gasteiger charge is 2.26. The van der Waals surface area contributed by atoms with Crippen LogP contribution in [0.4, 0.5) is 0 Å². The number of fused-ring (bicyclic) bond motifs is 1. The number of rotatable bonds is 6. The predicted molar refractivity (Wildman–Crippen MR) is 122 cm³/mol. The van der Waals surface area contributed by atoms with Crippen LogP contribution in [0, 0.1) is 0 Å². The van der Waals surface area contributed by atoms with Crippen molar-refractivity contribution in [2.75, 3.05) is 25.1 Å². The highest BCUT2D eigenvalue weighted by molar-refractivity contribution is 7.91. The quantitative estimate of drug-likeness (QED) is 0.479. The molecule has 0 saturated carbocycles. The number of thiazole rings is 1. The van der Waals surface area contributed by atoms with Crippen molar-refractivity contribution in [3.05, 3.63) is 47.2 Å². The molecule has 1 aliphatic rings. The minimum absolute atomic E-state index is 0.297. The number of likely N-dealkylation sites (N-methyl/N-ethyl adjacent to an activating group) is 1. The lowest BCUT2D eigenvalue weighted by atomic mass is 10.1. The van der Waals surface area contributed by atoms with Crippen LogP contribution in [0.1, 0.15) is 18.4 Å². The fourth-order valence-corrected chi connectivity index (χ4v) is 6.21. The summed E-state index contributed by atoms with van der Waals surface area (Å²) in [4.78, 5) is 11.7. The van der Waals surface area contributed by atoms with Crippen molar-refractivity contribution in [1.82, 2.24) is 29.6 Å². The second-order valence-corrected chi connectivity index (χ2v) is 11.1. The van der Waals surface area contributed by atoms with Crippen molar-refractivity contribution < 1.29 is 8.42 Å². The zero-order chi connectivity index (χ0) is 21.4. The Morgan fingerprint density at radius 3 is 2.84 bits per heavy atom. The number of nitrogens with one attached hydrogen (secondary N) is 1. The van der Waals surface area contributed by atoms with Crippen molar-refractivity contribution in [3.63, 3.8) is 0 Å². The summed E-state index contributed by atoms with van der Waals surface area (Å²) in [5, 5.41) is 10.0. The molecule has 8 nitrogen and oxygen atoms in total. The molecule has 4 aromatic rings. The number of hydrogen-bond donors (Lipinski definition) is 1. The van der Waals surface area contributed by atoms with E-state index in [0.717, 1.165) is 53.9 Å². The van der Waals surface area contributed by atoms with E-state index in [-0.39, 0.29) is 0 Å². The van der Waals surface area contributed by atoms with Gasteiger partial charge in [-0.1, -0.05) is 0 Å². The Hall–Kier alpha value is -2.56. The molecule has 1 N–H and O–H groups in total. The number of sulfone groups is 1. The number of aromatic nitrogens is 5. The Balaban J connectivity index is 1.42. The van der Waals surface area contributed by atoms with Crippen molar-refractivity contribution in [2.45, 2.75) is 25.3 Å². The molecular formula is C21H24N6O2S2. The molecule has 0 spiro atoms. The van der Waals surface area contributed by atoms with E-state index in [2.05, 4.69) is 44.0 Å². The van der Waals surface area contributed by atoms with Crippen molar-refractivity contribution in [1.29, 1.82) is 0 Å². The van der Waals surface area contributed by atoms with Gasteiger partial charge in [-0.2, -0.15) is 5.10 Å². The van der Waals surface area contributed by atoms with Gasteiger partial charge in [-0.05, 0) is 44.0 Å². The number of aromatic amines is 1. The summed E-state index contributed by atoms with van der Waals surface area (Å²) in [6.45, 7) is 0.865. The van der Waals surface area contributed by atoms with Crippen LogP contribution in [0.25, 0.3) is 28.1 Å². The van der Waals surface area contributed by atoms with Crippen LogP contribution in [0.3, 0.4) is 0 Å². The molecule has 5 rings (SSSR count). The minimum Gasteiger partial charge on any atom is -0.303 e. The first kappa shape index (κ1) is 20.3. The SMILES string of the molecule is CN(CCc1cn(-c2cscn2)c2nc(-c3cn[nH]c3)ccc12)C1CCS(=O)(=O)CC1. The highest BCUT2D eigenvalue weighted by Crippen LogP contribution is 2.28. The summed E-state index contributed by atoms with van der Waals surface area (Å²) in [6, 6.07) is 4.47. The van der Waals surface area contributed by atoms with Crippen LogP contribution in [-0.4, -0.2) is 69.2 Å². The van der Waals surface area contributed by atoms with E-state index in [1.807, 2.05) is 23.2 Å². The molecule has 0 radical (unpaired) electrons. The van der Waals surface area contributed by atoms with Gasteiger partial charge >= 0.3 is 0 Å². The number of pyridine rings is 1. The summed E-state index contributed by atoms with van der Waals surface area (Å²) in [6.07, 6.45) is 8.03. The molecule has 162 valence electrons. The first-order valence-corrected chi connectivity index (χ1v) is 13.1. The molecule has 5 heterocycles. The molecule has 0 amide bonds. The molecule has 0 aromatic carbocycles. The molecule has 0 bridgehead atoms. The average Bonchev–Trinajstić information content (AvgIpc) is 3.52. The van der Waals surface area contributed by atoms with Crippen LogP contribution in [0.5, 0.6) is 0 Å². The normalized spacial score (nSPS) is 17.0. The molecule has 4 aromatic heterocycles. The average molecular weight is 457 g/mol. The van der Waals surface area contributed by atoms with Gasteiger partial charge in [0.15, 0.2) is 0 Å². The van der Waals surface area contributed by atoms with Gasteiger partial charge in [0.25, 0.3) is 0 Å². The lowest BCUT2D eigenvalue weighted by molar-refractivity contribution is 0.229. The predicted octanol–water partition coefficient (Wildman–Crippen LogP) is 2.92. The van der Waals surface area contributed by atoms with E-state index in [1.54, 1.807) is 17.5 Å². The topological polar surface area (TPSA) is 96.8 Å². The van der Waals surface area contributed by atoms with Crippen LogP contribution in [0.15, 0.2) is 41.6 Å². The molecule has 0 unspecified atom stereocenters. The van der Waals surface area contributed by atoms with Gasteiger partial charge in [-0.15, -0.1) is 11.3 Å². The summed E-state index contributed by atoms with van der Waals surface area (Å²) >= 11 is 1.56. The Bertz CT molecular complexity index is 1270. The third-order valence-corrected chi connectivity index (χ3v) is 8.37. The lowest BCUT2D eigenvalue weighted by Crippen LogP contribution is -2.39. The van der Waals surface area contributed by atoms with Gasteiger partial charge in [0.2, 0.25) is 0 Å². The number of H-pyrrole nitrogens is 1. The fourth-order valence-electron chi connectivity index (χ4n) is 4.22. The molecule has 0 aliphatic carbocycles. The smallest absolute Gasteiger partial charge is 0.150 e. The summed E-state index contributed by atoms with van der Waals surface area (Å²) in [5.41, 5.74) is 5.73. The van der Waals surface area contributed by atoms with E-state index >= 15 is 0 Å². The fraction of sp³-hybridized carbons (Fsp3) is 0.381. The third kappa shape index (κ3) is 4.15. The van der Waals surface area contributed by atoms with Gasteiger partial charge < -0.3 is 4.90 Å². The summed E-state index contributed by atoms with van der Waals surface area (Å²) in [7, 11) is -0.746. The van der Waals surface area contributed by atoms with E-state index < -0.39 is 9.84 Å². The third-order valence-electron chi connectivity index (χ3n) is 6.08. The maximum atomic E-state index is 11.7. The first-order chi connectivity index (χ1) is 15.0. The zero-order valence-corrected chi connectivity index (χ0v) is 18.9. The second kappa shape index (κ2) is 8.18. The number of hydrogen-bond acceptors (Lipinski definition) is 7. The van der Waals surface area contributed by atoms with Gasteiger partial charge in [-0.3, -0.25) is 9.67 Å². The molecule has 1 saturated heterocycles. The van der Waals surface area contributed by atoms with Crippen LogP contribution in [0.2, 0.25) is 0 Å². The minimum atomic E-state index is -2.84.